The number of likely N-dealkylation sites (N-methyl/N-ethyl adjacent to an activating group) is 1. The molecule has 2 aliphatic heterocycles. The third kappa shape index (κ3) is 3.12. The van der Waals surface area contributed by atoms with Crippen LogP contribution >= 0.6 is 0 Å². The predicted octanol–water partition coefficient (Wildman–Crippen LogP) is 2.13. The van der Waals surface area contributed by atoms with E-state index in [4.69, 9.17) is 10.5 Å². The summed E-state index contributed by atoms with van der Waals surface area (Å²) in [5.74, 6) is 6.88. The molecule has 1 atom stereocenters. The van der Waals surface area contributed by atoms with Gasteiger partial charge in [-0.3, -0.25) is 4.79 Å². The number of nitrogens with zero attached hydrogens (tertiary/aromatic N) is 1. The molecule has 2 aliphatic rings. The lowest BCUT2D eigenvalue weighted by Crippen LogP contribution is -2.43. The summed E-state index contributed by atoms with van der Waals surface area (Å²) < 4.78 is 5.64. The number of amides is 1. The molecule has 0 aliphatic carbocycles. The van der Waals surface area contributed by atoms with Gasteiger partial charge >= 0.3 is 0 Å². The summed E-state index contributed by atoms with van der Waals surface area (Å²) >= 11 is 0. The number of carbonyl (C=O) groups excluding carboxylic acids is 1. The van der Waals surface area contributed by atoms with Gasteiger partial charge in [0.2, 0.25) is 5.91 Å². The molecule has 4 rings (SSSR count). The van der Waals surface area contributed by atoms with Gasteiger partial charge in [-0.05, 0) is 48.7 Å². The van der Waals surface area contributed by atoms with Crippen molar-refractivity contribution in [3.05, 3.63) is 53.1 Å². The van der Waals surface area contributed by atoms with Crippen LogP contribution in [0.4, 0.5) is 11.4 Å². The highest BCUT2D eigenvalue weighted by Gasteiger charge is 2.26. The Hall–Kier alpha value is -2.97. The highest BCUT2D eigenvalue weighted by atomic mass is 16.5. The number of aryl methyl sites for hydroxylation is 1. The highest BCUT2D eigenvalue weighted by molar-refractivity contribution is 5.98. The van der Waals surface area contributed by atoms with Crippen molar-refractivity contribution in [3.63, 3.8) is 0 Å². The Morgan fingerprint density at radius 1 is 1.19 bits per heavy atom. The van der Waals surface area contributed by atoms with Gasteiger partial charge in [-0.2, -0.15) is 0 Å². The largest absolute Gasteiger partial charge is 0.489 e. The molecule has 0 unspecified atom stereocenters. The molecule has 0 fully saturated rings. The lowest BCUT2D eigenvalue weighted by Gasteiger charge is -2.18. The topological polar surface area (TPSA) is 67.6 Å². The Balaban J connectivity index is 1.63. The van der Waals surface area contributed by atoms with Crippen LogP contribution in [-0.2, 0) is 11.2 Å². The summed E-state index contributed by atoms with van der Waals surface area (Å²) in [6.07, 6.45) is 2.29. The van der Waals surface area contributed by atoms with Crippen molar-refractivity contribution >= 4 is 17.3 Å². The van der Waals surface area contributed by atoms with E-state index in [9.17, 15) is 4.79 Å². The standard InChI is InChI=1S/C21H21N3O2/c1-24-19-12-15(7-9-20(19)26-13-17(22)21(24)25)5-4-14-6-8-16-3-2-10-23-18(16)11-14/h6-9,11-12,17,23H,2-3,10,13,22H2,1H3/t17-/m0/s1. The zero-order chi connectivity index (χ0) is 18.1. The zero-order valence-corrected chi connectivity index (χ0v) is 14.7. The van der Waals surface area contributed by atoms with Crippen molar-refractivity contribution in [3.8, 4) is 17.6 Å². The van der Waals surface area contributed by atoms with Crippen molar-refractivity contribution in [2.45, 2.75) is 18.9 Å². The average Bonchev–Trinajstić information content (AvgIpc) is 2.78. The van der Waals surface area contributed by atoms with E-state index in [-0.39, 0.29) is 12.5 Å². The van der Waals surface area contributed by atoms with Gasteiger partial charge in [-0.25, -0.2) is 0 Å². The molecule has 0 saturated heterocycles. The first-order chi connectivity index (χ1) is 12.6. The summed E-state index contributed by atoms with van der Waals surface area (Å²) in [6.45, 7) is 1.19. The minimum atomic E-state index is -0.648. The first-order valence-corrected chi connectivity index (χ1v) is 8.80. The van der Waals surface area contributed by atoms with E-state index >= 15 is 0 Å². The van der Waals surface area contributed by atoms with E-state index in [2.05, 4.69) is 35.4 Å². The van der Waals surface area contributed by atoms with Crippen molar-refractivity contribution < 1.29 is 9.53 Å². The Kier molecular flexibility index (Phi) is 4.27. The number of benzene rings is 2. The SMILES string of the molecule is CN1C(=O)[C@@H](N)COc2ccc(C#Cc3ccc4c(c3)NCCC4)cc21. The van der Waals surface area contributed by atoms with Crippen molar-refractivity contribution in [2.75, 3.05) is 30.4 Å². The second-order valence-electron chi connectivity index (χ2n) is 6.65. The molecule has 5 nitrogen and oxygen atoms in total. The van der Waals surface area contributed by atoms with Crippen LogP contribution in [0.3, 0.4) is 0 Å². The normalized spacial score (nSPS) is 18.5. The average molecular weight is 347 g/mol. The van der Waals surface area contributed by atoms with Gasteiger partial charge in [0.25, 0.3) is 0 Å². The Labute approximate surface area is 153 Å². The Morgan fingerprint density at radius 2 is 1.96 bits per heavy atom. The number of hydrogen-bond acceptors (Lipinski definition) is 4. The summed E-state index contributed by atoms with van der Waals surface area (Å²) in [6, 6.07) is 11.3. The lowest BCUT2D eigenvalue weighted by molar-refractivity contribution is -0.119. The second kappa shape index (κ2) is 6.74. The van der Waals surface area contributed by atoms with Crippen LogP contribution in [0.5, 0.6) is 5.75 Å². The molecule has 2 aromatic rings. The molecule has 0 spiro atoms. The van der Waals surface area contributed by atoms with Crippen LogP contribution in [0.2, 0.25) is 0 Å². The first-order valence-electron chi connectivity index (χ1n) is 8.80. The minimum absolute atomic E-state index is 0.158. The maximum Gasteiger partial charge on any atom is 0.247 e. The summed E-state index contributed by atoms with van der Waals surface area (Å²) in [5.41, 5.74) is 10.8. The number of nitrogens with one attached hydrogen (secondary N) is 1. The zero-order valence-electron chi connectivity index (χ0n) is 14.7. The number of rotatable bonds is 0. The number of anilines is 2. The number of ether oxygens (including phenoxy) is 1. The lowest BCUT2D eigenvalue weighted by atomic mass is 10.0. The molecular formula is C21H21N3O2. The van der Waals surface area contributed by atoms with Gasteiger partial charge in [-0.1, -0.05) is 17.9 Å². The van der Waals surface area contributed by atoms with Crippen LogP contribution < -0.4 is 20.7 Å². The van der Waals surface area contributed by atoms with Crippen LogP contribution in [-0.4, -0.2) is 32.1 Å². The second-order valence-corrected chi connectivity index (χ2v) is 6.65. The van der Waals surface area contributed by atoms with Gasteiger partial charge in [0.1, 0.15) is 18.4 Å². The molecular weight excluding hydrogens is 326 g/mol. The third-order valence-electron chi connectivity index (χ3n) is 4.79. The third-order valence-corrected chi connectivity index (χ3v) is 4.79. The molecule has 5 heteroatoms. The van der Waals surface area contributed by atoms with E-state index in [1.165, 1.54) is 17.7 Å². The van der Waals surface area contributed by atoms with Gasteiger partial charge < -0.3 is 20.7 Å². The van der Waals surface area contributed by atoms with Crippen molar-refractivity contribution in [1.29, 1.82) is 0 Å². The Morgan fingerprint density at radius 3 is 2.81 bits per heavy atom. The van der Waals surface area contributed by atoms with Crippen LogP contribution in [0.1, 0.15) is 23.1 Å². The first kappa shape index (κ1) is 16.5. The summed E-state index contributed by atoms with van der Waals surface area (Å²) in [4.78, 5) is 13.8. The van der Waals surface area contributed by atoms with E-state index < -0.39 is 6.04 Å². The fourth-order valence-corrected chi connectivity index (χ4v) is 3.28. The van der Waals surface area contributed by atoms with E-state index in [0.717, 1.165) is 24.1 Å². The smallest absolute Gasteiger partial charge is 0.247 e. The summed E-state index contributed by atoms with van der Waals surface area (Å²) in [7, 11) is 1.71. The molecule has 2 heterocycles. The maximum absolute atomic E-state index is 12.2. The molecule has 0 aromatic heterocycles. The molecule has 1 amide bonds. The molecule has 0 radical (unpaired) electrons. The van der Waals surface area contributed by atoms with Gasteiger partial charge in [0, 0.05) is 30.4 Å². The van der Waals surface area contributed by atoms with Crippen LogP contribution in [0.25, 0.3) is 0 Å². The predicted molar refractivity (Wildman–Crippen MR) is 103 cm³/mol. The summed E-state index contributed by atoms with van der Waals surface area (Å²) in [5, 5.41) is 3.42. The minimum Gasteiger partial charge on any atom is -0.489 e. The van der Waals surface area contributed by atoms with Crippen LogP contribution in [0.15, 0.2) is 36.4 Å². The number of nitrogens with two attached hydrogens (primary N) is 1. The number of hydrogen-bond donors (Lipinski definition) is 2. The number of fused-ring (bicyclic) bond motifs is 2. The fourth-order valence-electron chi connectivity index (χ4n) is 3.28. The van der Waals surface area contributed by atoms with Gasteiger partial charge in [0.15, 0.2) is 0 Å². The fraction of sp³-hybridized carbons (Fsp3) is 0.286. The molecule has 3 N–H and O–H groups in total. The van der Waals surface area contributed by atoms with Gasteiger partial charge in [0.05, 0.1) is 5.69 Å². The molecule has 26 heavy (non-hydrogen) atoms. The van der Waals surface area contributed by atoms with E-state index in [1.807, 2.05) is 18.2 Å². The molecule has 2 aromatic carbocycles. The van der Waals surface area contributed by atoms with Crippen molar-refractivity contribution in [1.82, 2.24) is 0 Å². The molecule has 132 valence electrons. The Bertz CT molecular complexity index is 927. The molecule has 0 saturated carbocycles. The number of carbonyl (C=O) groups is 1. The highest BCUT2D eigenvalue weighted by Crippen LogP contribution is 2.31. The molecule has 0 bridgehead atoms. The van der Waals surface area contributed by atoms with Crippen LogP contribution in [0, 0.1) is 11.8 Å². The quantitative estimate of drug-likeness (QED) is 0.717. The van der Waals surface area contributed by atoms with E-state index in [0.29, 0.717) is 11.4 Å². The maximum atomic E-state index is 12.2. The van der Waals surface area contributed by atoms with Gasteiger partial charge in [-0.15, -0.1) is 0 Å². The van der Waals surface area contributed by atoms with E-state index in [1.54, 1.807) is 11.9 Å². The monoisotopic (exact) mass is 347 g/mol. The van der Waals surface area contributed by atoms with Crippen molar-refractivity contribution in [2.24, 2.45) is 5.73 Å².